The standard InChI is InChI=1S/C16H16N2O4/c19-10-11-8-17(13-5-2-1-4-12(11)13)9-15(20)18-7-3-6-14(18)16(21)22/h1-2,4-5,8,10,14H,3,6-7,9H2,(H,21,22). The molecule has 6 nitrogen and oxygen atoms in total. The fourth-order valence-corrected chi connectivity index (χ4v) is 3.06. The zero-order valence-corrected chi connectivity index (χ0v) is 11.9. The van der Waals surface area contributed by atoms with Gasteiger partial charge in [0.1, 0.15) is 12.6 Å². The Bertz CT molecular complexity index is 750. The van der Waals surface area contributed by atoms with Gasteiger partial charge in [0.2, 0.25) is 5.91 Å². The number of aldehydes is 1. The molecule has 22 heavy (non-hydrogen) atoms. The van der Waals surface area contributed by atoms with Crippen LogP contribution in [0.5, 0.6) is 0 Å². The largest absolute Gasteiger partial charge is 0.480 e. The van der Waals surface area contributed by atoms with Gasteiger partial charge >= 0.3 is 5.97 Å². The lowest BCUT2D eigenvalue weighted by Gasteiger charge is -2.21. The number of carbonyl (C=O) groups excluding carboxylic acids is 2. The quantitative estimate of drug-likeness (QED) is 0.868. The summed E-state index contributed by atoms with van der Waals surface area (Å²) in [7, 11) is 0. The number of rotatable bonds is 4. The van der Waals surface area contributed by atoms with E-state index in [9.17, 15) is 14.4 Å². The Labute approximate surface area is 126 Å². The van der Waals surface area contributed by atoms with Crippen LogP contribution in [-0.2, 0) is 16.1 Å². The molecule has 1 aliphatic rings. The van der Waals surface area contributed by atoms with Gasteiger partial charge in [-0.25, -0.2) is 4.79 Å². The summed E-state index contributed by atoms with van der Waals surface area (Å²) in [6.45, 7) is 0.508. The van der Waals surface area contributed by atoms with Crippen LogP contribution in [0.4, 0.5) is 0 Å². The number of amides is 1. The van der Waals surface area contributed by atoms with Crippen molar-refractivity contribution in [2.75, 3.05) is 6.54 Å². The minimum absolute atomic E-state index is 0.0398. The highest BCUT2D eigenvalue weighted by atomic mass is 16.4. The van der Waals surface area contributed by atoms with Gasteiger partial charge in [0, 0.05) is 29.2 Å². The monoisotopic (exact) mass is 300 g/mol. The van der Waals surface area contributed by atoms with Crippen molar-refractivity contribution in [1.29, 1.82) is 0 Å². The highest BCUT2D eigenvalue weighted by Crippen LogP contribution is 2.22. The van der Waals surface area contributed by atoms with Crippen LogP contribution in [0, 0.1) is 0 Å². The molecule has 0 bridgehead atoms. The van der Waals surface area contributed by atoms with Crippen molar-refractivity contribution >= 4 is 29.1 Å². The van der Waals surface area contributed by atoms with E-state index in [-0.39, 0.29) is 12.5 Å². The summed E-state index contributed by atoms with van der Waals surface area (Å²) in [6.07, 6.45) is 3.60. The molecule has 3 rings (SSSR count). The summed E-state index contributed by atoms with van der Waals surface area (Å²) in [4.78, 5) is 36.2. The Kier molecular flexibility index (Phi) is 3.66. The zero-order chi connectivity index (χ0) is 15.7. The van der Waals surface area contributed by atoms with Gasteiger partial charge in [0.25, 0.3) is 0 Å². The molecule has 2 heterocycles. The second kappa shape index (κ2) is 5.63. The van der Waals surface area contributed by atoms with E-state index in [2.05, 4.69) is 0 Å². The number of aliphatic carboxylic acids is 1. The Morgan fingerprint density at radius 2 is 2.09 bits per heavy atom. The number of carboxylic acids is 1. The van der Waals surface area contributed by atoms with Crippen molar-refractivity contribution in [3.05, 3.63) is 36.0 Å². The van der Waals surface area contributed by atoms with Crippen molar-refractivity contribution in [2.24, 2.45) is 0 Å². The van der Waals surface area contributed by atoms with Gasteiger partial charge in [-0.1, -0.05) is 18.2 Å². The summed E-state index contributed by atoms with van der Waals surface area (Å²) in [6, 6.07) is 6.61. The van der Waals surface area contributed by atoms with Crippen LogP contribution in [-0.4, -0.2) is 45.3 Å². The smallest absolute Gasteiger partial charge is 0.326 e. The lowest BCUT2D eigenvalue weighted by molar-refractivity contribution is -0.148. The molecule has 6 heteroatoms. The molecule has 1 saturated heterocycles. The molecule has 0 spiro atoms. The number of para-hydroxylation sites is 1. The summed E-state index contributed by atoms with van der Waals surface area (Å²) in [5.41, 5.74) is 1.32. The number of benzene rings is 1. The number of fused-ring (bicyclic) bond motifs is 1. The molecule has 1 aliphatic heterocycles. The number of aromatic nitrogens is 1. The topological polar surface area (TPSA) is 79.6 Å². The van der Waals surface area contributed by atoms with E-state index in [1.807, 2.05) is 24.3 Å². The van der Waals surface area contributed by atoms with Crippen LogP contribution in [0.2, 0.25) is 0 Å². The first-order valence-corrected chi connectivity index (χ1v) is 7.17. The molecular weight excluding hydrogens is 284 g/mol. The second-order valence-electron chi connectivity index (χ2n) is 5.43. The molecule has 0 saturated carbocycles. The third-order valence-corrected chi connectivity index (χ3v) is 4.11. The Morgan fingerprint density at radius 1 is 1.32 bits per heavy atom. The molecule has 1 unspecified atom stereocenters. The van der Waals surface area contributed by atoms with Crippen LogP contribution in [0.1, 0.15) is 23.2 Å². The lowest BCUT2D eigenvalue weighted by atomic mass is 10.2. The molecule has 1 amide bonds. The number of hydrogen-bond acceptors (Lipinski definition) is 3. The maximum absolute atomic E-state index is 12.4. The maximum atomic E-state index is 12.4. The van der Waals surface area contributed by atoms with Crippen molar-refractivity contribution in [3.63, 3.8) is 0 Å². The number of carbonyl (C=O) groups is 3. The highest BCUT2D eigenvalue weighted by Gasteiger charge is 2.33. The molecule has 114 valence electrons. The van der Waals surface area contributed by atoms with E-state index < -0.39 is 12.0 Å². The van der Waals surface area contributed by atoms with Gasteiger partial charge in [-0.15, -0.1) is 0 Å². The number of nitrogens with zero attached hydrogens (tertiary/aromatic N) is 2. The summed E-state index contributed by atoms with van der Waals surface area (Å²) < 4.78 is 1.71. The zero-order valence-electron chi connectivity index (χ0n) is 11.9. The summed E-state index contributed by atoms with van der Waals surface area (Å²) in [5, 5.41) is 9.96. The van der Waals surface area contributed by atoms with Gasteiger partial charge < -0.3 is 14.6 Å². The average Bonchev–Trinajstić information content (AvgIpc) is 3.12. The predicted octanol–water partition coefficient (Wildman–Crippen LogP) is 1.53. The summed E-state index contributed by atoms with van der Waals surface area (Å²) in [5.74, 6) is -1.19. The first kappa shape index (κ1) is 14.3. The minimum Gasteiger partial charge on any atom is -0.480 e. The number of likely N-dealkylation sites (tertiary alicyclic amines) is 1. The van der Waals surface area contributed by atoms with E-state index in [4.69, 9.17) is 5.11 Å². The van der Waals surface area contributed by atoms with E-state index in [0.29, 0.717) is 24.9 Å². The van der Waals surface area contributed by atoms with Crippen LogP contribution in [0.15, 0.2) is 30.5 Å². The van der Waals surface area contributed by atoms with E-state index >= 15 is 0 Å². The van der Waals surface area contributed by atoms with Gasteiger partial charge in [-0.05, 0) is 18.9 Å². The SMILES string of the molecule is O=Cc1cn(CC(=O)N2CCCC2C(=O)O)c2ccccc12. The first-order chi connectivity index (χ1) is 10.6. The minimum atomic E-state index is -0.961. The molecule has 1 fully saturated rings. The van der Waals surface area contributed by atoms with Gasteiger partial charge in [-0.2, -0.15) is 0 Å². The van der Waals surface area contributed by atoms with Crippen LogP contribution >= 0.6 is 0 Å². The van der Waals surface area contributed by atoms with Gasteiger partial charge in [0.15, 0.2) is 6.29 Å². The fourth-order valence-electron chi connectivity index (χ4n) is 3.06. The van der Waals surface area contributed by atoms with Crippen molar-refractivity contribution in [3.8, 4) is 0 Å². The predicted molar refractivity (Wildman–Crippen MR) is 79.7 cm³/mol. The molecule has 0 radical (unpaired) electrons. The maximum Gasteiger partial charge on any atom is 0.326 e. The van der Waals surface area contributed by atoms with E-state index in [1.54, 1.807) is 10.8 Å². The summed E-state index contributed by atoms with van der Waals surface area (Å²) >= 11 is 0. The van der Waals surface area contributed by atoms with E-state index in [1.165, 1.54) is 4.90 Å². The fraction of sp³-hybridized carbons (Fsp3) is 0.312. The van der Waals surface area contributed by atoms with Crippen molar-refractivity contribution in [1.82, 2.24) is 9.47 Å². The molecule has 1 aromatic heterocycles. The van der Waals surface area contributed by atoms with Crippen molar-refractivity contribution < 1.29 is 19.5 Å². The molecule has 1 atom stereocenters. The average molecular weight is 300 g/mol. The molecule has 1 aromatic carbocycles. The van der Waals surface area contributed by atoms with Crippen LogP contribution < -0.4 is 0 Å². The molecule has 0 aliphatic carbocycles. The van der Waals surface area contributed by atoms with Crippen molar-refractivity contribution in [2.45, 2.75) is 25.4 Å². The van der Waals surface area contributed by atoms with Crippen LogP contribution in [0.3, 0.4) is 0 Å². The third kappa shape index (κ3) is 2.36. The Hall–Kier alpha value is -2.63. The first-order valence-electron chi connectivity index (χ1n) is 7.17. The molecule has 1 N–H and O–H groups in total. The lowest BCUT2D eigenvalue weighted by Crippen LogP contribution is -2.41. The van der Waals surface area contributed by atoms with E-state index in [0.717, 1.165) is 17.2 Å². The normalized spacial score (nSPS) is 17.8. The van der Waals surface area contributed by atoms with Crippen LogP contribution in [0.25, 0.3) is 10.9 Å². The number of hydrogen-bond donors (Lipinski definition) is 1. The molecule has 2 aromatic rings. The molecular formula is C16H16N2O4. The highest BCUT2D eigenvalue weighted by molar-refractivity contribution is 5.98. The third-order valence-electron chi connectivity index (χ3n) is 4.11. The Balaban J connectivity index is 1.88. The second-order valence-corrected chi connectivity index (χ2v) is 5.43. The number of carboxylic acid groups (broad SMARTS) is 1. The van der Waals surface area contributed by atoms with Gasteiger partial charge in [0.05, 0.1) is 0 Å². The van der Waals surface area contributed by atoms with Gasteiger partial charge in [-0.3, -0.25) is 9.59 Å². The Morgan fingerprint density at radius 3 is 2.82 bits per heavy atom.